The number of nitrogens with two attached hydrogens (primary N) is 1. The minimum atomic E-state index is -3.20. The largest absolute Gasteiger partial charge is 0.399 e. The number of anilines is 1. The van der Waals surface area contributed by atoms with Gasteiger partial charge in [0.1, 0.15) is 0 Å². The fourth-order valence-electron chi connectivity index (χ4n) is 1.60. The van der Waals surface area contributed by atoms with Crippen molar-refractivity contribution in [2.75, 3.05) is 5.73 Å². The predicted octanol–water partition coefficient (Wildman–Crippen LogP) is 2.40. The molecule has 0 heterocycles. The van der Waals surface area contributed by atoms with Crippen LogP contribution in [0.5, 0.6) is 0 Å². The zero-order chi connectivity index (χ0) is 12.3. The molecule has 3 nitrogen and oxygen atoms in total. The number of hydrogen-bond donors (Lipinski definition) is 1. The molecular weight excluding hydrogens is 222 g/mol. The maximum Gasteiger partial charge on any atom is 0.180 e. The highest BCUT2D eigenvalue weighted by Gasteiger charge is 2.22. The van der Waals surface area contributed by atoms with Gasteiger partial charge in [0.05, 0.1) is 10.1 Å². The van der Waals surface area contributed by atoms with Crippen molar-refractivity contribution in [2.45, 2.75) is 43.8 Å². The first-order valence-corrected chi connectivity index (χ1v) is 7.06. The van der Waals surface area contributed by atoms with Crippen molar-refractivity contribution < 1.29 is 8.42 Å². The van der Waals surface area contributed by atoms with Gasteiger partial charge in [-0.2, -0.15) is 0 Å². The van der Waals surface area contributed by atoms with Gasteiger partial charge in [0.25, 0.3) is 0 Å². The fourth-order valence-corrected chi connectivity index (χ4v) is 2.89. The van der Waals surface area contributed by atoms with Crippen LogP contribution in [0.2, 0.25) is 0 Å². The van der Waals surface area contributed by atoms with E-state index in [2.05, 4.69) is 0 Å². The molecule has 1 aromatic rings. The van der Waals surface area contributed by atoms with E-state index < -0.39 is 15.1 Å². The summed E-state index contributed by atoms with van der Waals surface area (Å²) >= 11 is 0. The lowest BCUT2D eigenvalue weighted by Gasteiger charge is -2.13. The van der Waals surface area contributed by atoms with Crippen molar-refractivity contribution in [1.29, 1.82) is 0 Å². The van der Waals surface area contributed by atoms with Crippen LogP contribution in [0.15, 0.2) is 23.1 Å². The van der Waals surface area contributed by atoms with E-state index in [1.54, 1.807) is 32.0 Å². The highest BCUT2D eigenvalue weighted by Crippen LogP contribution is 2.23. The van der Waals surface area contributed by atoms with Gasteiger partial charge in [-0.15, -0.1) is 0 Å². The number of sulfone groups is 1. The van der Waals surface area contributed by atoms with Gasteiger partial charge in [-0.05, 0) is 44.0 Å². The van der Waals surface area contributed by atoms with Crippen molar-refractivity contribution in [1.82, 2.24) is 0 Å². The summed E-state index contributed by atoms with van der Waals surface area (Å²) in [5, 5.41) is -0.397. The Morgan fingerprint density at radius 1 is 1.31 bits per heavy atom. The summed E-state index contributed by atoms with van der Waals surface area (Å²) in [6.45, 7) is 5.41. The highest BCUT2D eigenvalue weighted by atomic mass is 32.2. The number of hydrogen-bond acceptors (Lipinski definition) is 3. The number of benzene rings is 1. The van der Waals surface area contributed by atoms with Crippen LogP contribution in [0.3, 0.4) is 0 Å². The minimum absolute atomic E-state index is 0.397. The van der Waals surface area contributed by atoms with Gasteiger partial charge in [-0.3, -0.25) is 0 Å². The van der Waals surface area contributed by atoms with E-state index in [9.17, 15) is 8.42 Å². The van der Waals surface area contributed by atoms with Gasteiger partial charge in [-0.1, -0.05) is 13.3 Å². The van der Waals surface area contributed by atoms with E-state index in [1.165, 1.54) is 0 Å². The maximum absolute atomic E-state index is 12.1. The predicted molar refractivity (Wildman–Crippen MR) is 67.2 cm³/mol. The summed E-state index contributed by atoms with van der Waals surface area (Å²) < 4.78 is 24.2. The SMILES string of the molecule is CCCc1cc(N)ccc1S(=O)(=O)C(C)C. The lowest BCUT2D eigenvalue weighted by Crippen LogP contribution is -2.16. The van der Waals surface area contributed by atoms with Gasteiger partial charge in [-0.25, -0.2) is 8.42 Å². The first-order chi connectivity index (χ1) is 7.39. The van der Waals surface area contributed by atoms with Crippen LogP contribution >= 0.6 is 0 Å². The summed E-state index contributed by atoms with van der Waals surface area (Å²) in [5.41, 5.74) is 7.13. The highest BCUT2D eigenvalue weighted by molar-refractivity contribution is 7.92. The van der Waals surface area contributed by atoms with Gasteiger partial charge < -0.3 is 5.73 Å². The molecule has 1 aromatic carbocycles. The Bertz CT molecular complexity index is 464. The third kappa shape index (κ3) is 2.55. The van der Waals surface area contributed by atoms with Crippen LogP contribution in [-0.2, 0) is 16.3 Å². The summed E-state index contributed by atoms with van der Waals surface area (Å²) in [7, 11) is -3.20. The van der Waals surface area contributed by atoms with Crippen LogP contribution in [0.25, 0.3) is 0 Å². The number of rotatable bonds is 4. The van der Waals surface area contributed by atoms with Gasteiger partial charge in [0, 0.05) is 5.69 Å². The summed E-state index contributed by atoms with van der Waals surface area (Å²) in [5.74, 6) is 0. The van der Waals surface area contributed by atoms with Crippen LogP contribution in [0.1, 0.15) is 32.8 Å². The molecule has 0 amide bonds. The zero-order valence-corrected chi connectivity index (χ0v) is 10.8. The molecule has 0 aromatic heterocycles. The molecule has 90 valence electrons. The second kappa shape index (κ2) is 4.87. The van der Waals surface area contributed by atoms with E-state index in [4.69, 9.17) is 5.73 Å². The molecule has 0 aliphatic heterocycles. The Balaban J connectivity index is 3.33. The molecule has 4 heteroatoms. The smallest absolute Gasteiger partial charge is 0.180 e. The first kappa shape index (κ1) is 13.0. The molecule has 1 rings (SSSR count). The monoisotopic (exact) mass is 241 g/mol. The van der Waals surface area contributed by atoms with Gasteiger partial charge in [0.15, 0.2) is 9.84 Å². The Morgan fingerprint density at radius 2 is 1.94 bits per heavy atom. The molecule has 0 radical (unpaired) electrons. The Hall–Kier alpha value is -1.03. The van der Waals surface area contributed by atoms with E-state index in [0.29, 0.717) is 10.6 Å². The molecule has 16 heavy (non-hydrogen) atoms. The van der Waals surface area contributed by atoms with Crippen LogP contribution in [0.4, 0.5) is 5.69 Å². The third-order valence-corrected chi connectivity index (χ3v) is 4.78. The molecule has 0 saturated heterocycles. The Morgan fingerprint density at radius 3 is 2.44 bits per heavy atom. The lowest BCUT2D eigenvalue weighted by atomic mass is 10.1. The van der Waals surface area contributed by atoms with Crippen molar-refractivity contribution in [3.05, 3.63) is 23.8 Å². The number of aryl methyl sites for hydroxylation is 1. The van der Waals surface area contributed by atoms with E-state index in [0.717, 1.165) is 18.4 Å². The summed E-state index contributed by atoms with van der Waals surface area (Å²) in [6.07, 6.45) is 1.65. The molecule has 0 saturated carbocycles. The van der Waals surface area contributed by atoms with Crippen molar-refractivity contribution in [2.24, 2.45) is 0 Å². The van der Waals surface area contributed by atoms with Crippen LogP contribution in [0, 0.1) is 0 Å². The average molecular weight is 241 g/mol. The second-order valence-corrected chi connectivity index (χ2v) is 6.68. The summed E-state index contributed by atoms with van der Waals surface area (Å²) in [4.78, 5) is 0.429. The zero-order valence-electron chi connectivity index (χ0n) is 10.0. The normalized spacial score (nSPS) is 12.0. The van der Waals surface area contributed by atoms with Crippen LogP contribution in [-0.4, -0.2) is 13.7 Å². The molecule has 0 aliphatic carbocycles. The number of nitrogen functional groups attached to an aromatic ring is 1. The minimum Gasteiger partial charge on any atom is -0.399 e. The molecule has 0 aliphatic rings. The summed E-state index contributed by atoms with van der Waals surface area (Å²) in [6, 6.07) is 5.03. The lowest BCUT2D eigenvalue weighted by molar-refractivity contribution is 0.586. The molecule has 0 bridgehead atoms. The maximum atomic E-state index is 12.1. The van der Waals surface area contributed by atoms with E-state index >= 15 is 0 Å². The Labute approximate surface area is 97.6 Å². The molecule has 0 unspecified atom stereocenters. The van der Waals surface area contributed by atoms with Crippen molar-refractivity contribution in [3.8, 4) is 0 Å². The molecular formula is C12H19NO2S. The Kier molecular flexibility index (Phi) is 3.97. The van der Waals surface area contributed by atoms with Crippen molar-refractivity contribution >= 4 is 15.5 Å². The average Bonchev–Trinajstić information content (AvgIpc) is 2.17. The third-order valence-electron chi connectivity index (χ3n) is 2.53. The fraction of sp³-hybridized carbons (Fsp3) is 0.500. The van der Waals surface area contributed by atoms with E-state index in [1.807, 2.05) is 6.92 Å². The molecule has 2 N–H and O–H groups in total. The van der Waals surface area contributed by atoms with Gasteiger partial charge in [0.2, 0.25) is 0 Å². The van der Waals surface area contributed by atoms with Gasteiger partial charge >= 0.3 is 0 Å². The van der Waals surface area contributed by atoms with Crippen LogP contribution < -0.4 is 5.73 Å². The molecule has 0 atom stereocenters. The topological polar surface area (TPSA) is 60.2 Å². The van der Waals surface area contributed by atoms with Crippen molar-refractivity contribution in [3.63, 3.8) is 0 Å². The first-order valence-electron chi connectivity index (χ1n) is 5.52. The molecule has 0 spiro atoms. The second-order valence-electron chi connectivity index (χ2n) is 4.21. The van der Waals surface area contributed by atoms with E-state index in [-0.39, 0.29) is 0 Å². The standard InChI is InChI=1S/C12H19NO2S/c1-4-5-10-8-11(13)6-7-12(10)16(14,15)9(2)3/h6-9H,4-5,13H2,1-3H3. The molecule has 0 fully saturated rings. The quantitative estimate of drug-likeness (QED) is 0.823.